The topological polar surface area (TPSA) is 131 Å². The van der Waals surface area contributed by atoms with E-state index in [2.05, 4.69) is 19.9 Å². The summed E-state index contributed by atoms with van der Waals surface area (Å²) >= 11 is 0.692. The number of anilines is 1. The van der Waals surface area contributed by atoms with Crippen molar-refractivity contribution in [3.05, 3.63) is 23.5 Å². The van der Waals surface area contributed by atoms with Crippen LogP contribution in [0.2, 0.25) is 0 Å². The lowest BCUT2D eigenvalue weighted by Gasteiger charge is -2.39. The van der Waals surface area contributed by atoms with Crippen molar-refractivity contribution in [2.75, 3.05) is 44.9 Å². The zero-order valence-corrected chi connectivity index (χ0v) is 22.8. The van der Waals surface area contributed by atoms with Crippen molar-refractivity contribution in [2.45, 2.75) is 48.8 Å². The van der Waals surface area contributed by atoms with E-state index in [-0.39, 0.29) is 40.8 Å². The number of rotatable bonds is 8. The molecule has 6 rings (SSSR count). The van der Waals surface area contributed by atoms with Gasteiger partial charge in [-0.15, -0.1) is 10.2 Å². The number of likely N-dealkylation sites (N-methyl/N-ethyl adjacent to an activating group) is 1. The molecule has 2 aliphatic heterocycles. The van der Waals surface area contributed by atoms with Gasteiger partial charge in [0.2, 0.25) is 10.0 Å². The van der Waals surface area contributed by atoms with E-state index in [1.807, 2.05) is 11.8 Å². The number of sulfonamides is 1. The molecule has 16 heteroatoms. The van der Waals surface area contributed by atoms with Crippen molar-refractivity contribution >= 4 is 38.5 Å². The third kappa shape index (κ3) is 4.99. The molecule has 3 fully saturated rings. The van der Waals surface area contributed by atoms with Crippen molar-refractivity contribution in [2.24, 2.45) is 0 Å². The molecule has 12 nitrogen and oxygen atoms in total. The molecule has 210 valence electrons. The van der Waals surface area contributed by atoms with Gasteiger partial charge in [0, 0.05) is 25.3 Å². The molecule has 3 aliphatic rings. The van der Waals surface area contributed by atoms with Gasteiger partial charge in [-0.05, 0) is 25.8 Å². The second-order valence-electron chi connectivity index (χ2n) is 10.3. The van der Waals surface area contributed by atoms with Gasteiger partial charge in [-0.3, -0.25) is 9.20 Å². The molecule has 0 bridgehead atoms. The van der Waals surface area contributed by atoms with Crippen LogP contribution in [-0.4, -0.2) is 96.4 Å². The number of amides is 1. The van der Waals surface area contributed by atoms with E-state index in [1.165, 1.54) is 16.8 Å². The standard InChI is InChI=1S/C23H27F2N7O5S2/c1-23(3-4-23)29-39(34,35)14-7-15(31-5-6-37-17(10-31)22(33)30(2)13-11-36-12-13)16-8-26-19(32(16)9-14)21-28-27-20(38-21)18(24)25/h7-9,13,17-18,29H,3-6,10-12H2,1-2H3/t17-/m1/s1. The van der Waals surface area contributed by atoms with E-state index in [9.17, 15) is 22.0 Å². The Labute approximate surface area is 227 Å². The number of fused-ring (bicyclic) bond motifs is 1. The lowest BCUT2D eigenvalue weighted by atomic mass is 10.1. The summed E-state index contributed by atoms with van der Waals surface area (Å²) in [5.74, 6) is 0.00893. The number of imidazole rings is 1. The van der Waals surface area contributed by atoms with E-state index in [0.717, 1.165) is 12.8 Å². The fourth-order valence-corrected chi connectivity index (χ4v) is 6.74. The van der Waals surface area contributed by atoms with E-state index in [0.29, 0.717) is 42.3 Å². The van der Waals surface area contributed by atoms with Crippen molar-refractivity contribution in [3.8, 4) is 10.8 Å². The fraction of sp³-hybridized carbons (Fsp3) is 0.565. The van der Waals surface area contributed by atoms with Crippen LogP contribution < -0.4 is 9.62 Å². The summed E-state index contributed by atoms with van der Waals surface area (Å²) in [5.41, 5.74) is 0.541. The average molecular weight is 584 g/mol. The number of hydrogen-bond donors (Lipinski definition) is 1. The third-order valence-corrected chi connectivity index (χ3v) is 9.83. The fourth-order valence-electron chi connectivity index (χ4n) is 4.57. The van der Waals surface area contributed by atoms with E-state index in [1.54, 1.807) is 18.0 Å². The maximum atomic E-state index is 13.4. The van der Waals surface area contributed by atoms with Gasteiger partial charge < -0.3 is 19.3 Å². The molecule has 0 unspecified atom stereocenters. The van der Waals surface area contributed by atoms with Crippen LogP contribution in [0.4, 0.5) is 14.5 Å². The van der Waals surface area contributed by atoms with Crippen molar-refractivity contribution in [1.29, 1.82) is 0 Å². The Kier molecular flexibility index (Phi) is 6.57. The summed E-state index contributed by atoms with van der Waals surface area (Å²) in [5, 5.41) is 7.09. The van der Waals surface area contributed by atoms with Gasteiger partial charge in [-0.2, -0.15) is 0 Å². The second-order valence-corrected chi connectivity index (χ2v) is 12.9. The zero-order chi connectivity index (χ0) is 27.5. The summed E-state index contributed by atoms with van der Waals surface area (Å²) in [6.07, 6.45) is 0.852. The molecule has 1 saturated carbocycles. The molecule has 39 heavy (non-hydrogen) atoms. The highest BCUT2D eigenvalue weighted by Crippen LogP contribution is 2.38. The van der Waals surface area contributed by atoms with E-state index < -0.39 is 33.1 Å². The van der Waals surface area contributed by atoms with Gasteiger partial charge in [-0.25, -0.2) is 26.9 Å². The van der Waals surface area contributed by atoms with Crippen molar-refractivity contribution in [1.82, 2.24) is 29.2 Å². The number of halogens is 2. The predicted molar refractivity (Wildman–Crippen MR) is 136 cm³/mol. The number of alkyl halides is 2. The Balaban J connectivity index is 1.40. The van der Waals surface area contributed by atoms with Crippen LogP contribution in [0.25, 0.3) is 16.3 Å². The largest absolute Gasteiger partial charge is 0.377 e. The molecule has 0 aromatic carbocycles. The summed E-state index contributed by atoms with van der Waals surface area (Å²) in [4.78, 5) is 21.0. The molecule has 0 radical (unpaired) electrons. The first kappa shape index (κ1) is 26.4. The van der Waals surface area contributed by atoms with Crippen molar-refractivity contribution in [3.63, 3.8) is 0 Å². The summed E-state index contributed by atoms with van der Waals surface area (Å²) in [6.45, 7) is 3.63. The Hall–Kier alpha value is -2.79. The SMILES string of the molecule is CN(C(=O)[C@H]1CN(c2cc(S(=O)(=O)NC3(C)CC3)cn3c(-c4nnc(C(F)F)s4)ncc23)CCO1)C1COC1. The minimum Gasteiger partial charge on any atom is -0.377 e. The maximum Gasteiger partial charge on any atom is 0.291 e. The summed E-state index contributed by atoms with van der Waals surface area (Å²) in [6, 6.07) is 1.55. The summed E-state index contributed by atoms with van der Waals surface area (Å²) < 4.78 is 68.5. The Bertz CT molecular complexity index is 1520. The van der Waals surface area contributed by atoms with Gasteiger partial charge in [0.05, 0.1) is 49.8 Å². The first-order valence-electron chi connectivity index (χ1n) is 12.4. The molecule has 1 amide bonds. The molecule has 0 spiro atoms. The Morgan fingerprint density at radius 3 is 2.72 bits per heavy atom. The number of nitrogens with one attached hydrogen (secondary N) is 1. The number of carbonyl (C=O) groups is 1. The molecule has 1 N–H and O–H groups in total. The maximum absolute atomic E-state index is 13.4. The van der Waals surface area contributed by atoms with Crippen LogP contribution in [0.3, 0.4) is 0 Å². The number of ether oxygens (including phenoxy) is 2. The van der Waals surface area contributed by atoms with Gasteiger partial charge in [0.1, 0.15) is 4.90 Å². The third-order valence-electron chi connectivity index (χ3n) is 7.30. The first-order chi connectivity index (χ1) is 18.5. The average Bonchev–Trinajstić information content (AvgIpc) is 3.23. The van der Waals surface area contributed by atoms with Crippen LogP contribution in [0.15, 0.2) is 23.4 Å². The molecule has 1 atom stereocenters. The van der Waals surface area contributed by atoms with Crippen LogP contribution in [-0.2, 0) is 24.3 Å². The minimum absolute atomic E-state index is 0.00561. The zero-order valence-electron chi connectivity index (χ0n) is 21.2. The highest BCUT2D eigenvalue weighted by atomic mass is 32.2. The minimum atomic E-state index is -3.94. The summed E-state index contributed by atoms with van der Waals surface area (Å²) in [7, 11) is -2.23. The Morgan fingerprint density at radius 2 is 2.08 bits per heavy atom. The number of aromatic nitrogens is 4. The number of carbonyl (C=O) groups excluding carboxylic acids is 1. The van der Waals surface area contributed by atoms with Crippen LogP contribution in [0.5, 0.6) is 0 Å². The number of hydrogen-bond acceptors (Lipinski definition) is 10. The van der Waals surface area contributed by atoms with Gasteiger partial charge in [0.15, 0.2) is 21.9 Å². The first-order valence-corrected chi connectivity index (χ1v) is 14.7. The highest BCUT2D eigenvalue weighted by Gasteiger charge is 2.42. The van der Waals surface area contributed by atoms with Crippen LogP contribution in [0.1, 0.15) is 31.2 Å². The van der Waals surface area contributed by atoms with Crippen LogP contribution >= 0.6 is 11.3 Å². The van der Waals surface area contributed by atoms with Crippen LogP contribution in [0, 0.1) is 0 Å². The molecular weight excluding hydrogens is 556 g/mol. The monoisotopic (exact) mass is 583 g/mol. The molecule has 3 aromatic rings. The quantitative estimate of drug-likeness (QED) is 0.421. The molecule has 5 heterocycles. The predicted octanol–water partition coefficient (Wildman–Crippen LogP) is 1.68. The van der Waals surface area contributed by atoms with E-state index in [4.69, 9.17) is 9.47 Å². The van der Waals surface area contributed by atoms with E-state index >= 15 is 0 Å². The number of morpholine rings is 1. The lowest BCUT2D eigenvalue weighted by Crippen LogP contribution is -2.56. The van der Waals surface area contributed by atoms with Gasteiger partial charge in [0.25, 0.3) is 12.3 Å². The smallest absolute Gasteiger partial charge is 0.291 e. The van der Waals surface area contributed by atoms with Gasteiger partial charge >= 0.3 is 0 Å². The van der Waals surface area contributed by atoms with Crippen molar-refractivity contribution < 1.29 is 31.5 Å². The molecule has 3 aromatic heterocycles. The van der Waals surface area contributed by atoms with Gasteiger partial charge in [-0.1, -0.05) is 11.3 Å². The lowest BCUT2D eigenvalue weighted by molar-refractivity contribution is -0.154. The second kappa shape index (κ2) is 9.69. The highest BCUT2D eigenvalue weighted by molar-refractivity contribution is 7.89. The Morgan fingerprint density at radius 1 is 1.31 bits per heavy atom. The number of nitrogens with zero attached hydrogens (tertiary/aromatic N) is 6. The normalized spacial score (nSPS) is 21.4. The molecular formula is C23H27F2N7O5S2. The molecule has 2 saturated heterocycles. The number of pyridine rings is 1. The molecule has 1 aliphatic carbocycles.